The van der Waals surface area contributed by atoms with Crippen LogP contribution in [0.4, 0.5) is 0 Å². The fraction of sp³-hybridized carbons (Fsp3) is 0.543. The van der Waals surface area contributed by atoms with E-state index >= 15 is 0 Å². The van der Waals surface area contributed by atoms with Crippen molar-refractivity contribution in [2.24, 2.45) is 5.73 Å². The molecule has 2 unspecified atom stereocenters. The Labute approximate surface area is 353 Å². The van der Waals surface area contributed by atoms with Crippen LogP contribution >= 0.6 is 7.82 Å². The summed E-state index contributed by atoms with van der Waals surface area (Å²) < 4.78 is 32.5. The van der Waals surface area contributed by atoms with Crippen LogP contribution < -0.4 is 5.73 Å². The lowest BCUT2D eigenvalue weighted by atomic mass is 10.1. The first-order valence-electron chi connectivity index (χ1n) is 21.0. The number of phosphoric acid groups is 1. The molecule has 13 heteroatoms. The number of esters is 2. The third-order valence-corrected chi connectivity index (χ3v) is 9.01. The maximum atomic E-state index is 12.6. The summed E-state index contributed by atoms with van der Waals surface area (Å²) in [5.41, 5.74) is 5.32. The van der Waals surface area contributed by atoms with Gasteiger partial charge in [0.1, 0.15) is 12.6 Å². The minimum atomic E-state index is -4.76. The molecule has 0 spiro atoms. The van der Waals surface area contributed by atoms with Crippen molar-refractivity contribution in [2.45, 2.75) is 141 Å². The molecule has 0 aromatic carbocycles. The van der Waals surface area contributed by atoms with Gasteiger partial charge in [-0.05, 0) is 89.9 Å². The van der Waals surface area contributed by atoms with E-state index < -0.39 is 57.7 Å². The molecule has 0 aliphatic rings. The smallest absolute Gasteiger partial charge is 0.472 e. The van der Waals surface area contributed by atoms with Gasteiger partial charge in [0.15, 0.2) is 6.10 Å². The zero-order valence-corrected chi connectivity index (χ0v) is 36.3. The number of ether oxygens (including phenoxy) is 2. The number of carboxylic acids is 1. The van der Waals surface area contributed by atoms with Gasteiger partial charge in [0.05, 0.1) is 19.3 Å². The number of allylic oxidation sites excluding steroid dienone is 17. The molecule has 0 fully saturated rings. The molecule has 0 radical (unpaired) electrons. The Kier molecular flexibility index (Phi) is 36.9. The maximum absolute atomic E-state index is 12.6. The number of nitrogens with two attached hydrogens (primary N) is 1. The van der Waals surface area contributed by atoms with Gasteiger partial charge >= 0.3 is 25.7 Å². The fourth-order valence-corrected chi connectivity index (χ4v) is 5.59. The highest BCUT2D eigenvalue weighted by Crippen LogP contribution is 2.43. The number of hydrogen-bond donors (Lipinski definition) is 4. The molecule has 0 aliphatic carbocycles. The number of carbonyl (C=O) groups is 3. The number of aliphatic hydroxyl groups excluding tert-OH is 1. The van der Waals surface area contributed by atoms with Gasteiger partial charge in [-0.2, -0.15) is 0 Å². The van der Waals surface area contributed by atoms with Gasteiger partial charge in [-0.3, -0.25) is 23.4 Å². The fourth-order valence-electron chi connectivity index (χ4n) is 4.81. The van der Waals surface area contributed by atoms with Crippen molar-refractivity contribution in [3.8, 4) is 0 Å². The van der Waals surface area contributed by atoms with Gasteiger partial charge in [-0.25, -0.2) is 4.57 Å². The third kappa shape index (κ3) is 39.3. The van der Waals surface area contributed by atoms with Crippen molar-refractivity contribution >= 4 is 25.7 Å². The van der Waals surface area contributed by atoms with E-state index in [4.69, 9.17) is 24.8 Å². The van der Waals surface area contributed by atoms with E-state index in [1.54, 1.807) is 0 Å². The average molecular weight is 846 g/mol. The minimum absolute atomic E-state index is 0.0510. The molecule has 5 N–H and O–H groups in total. The van der Waals surface area contributed by atoms with Crippen LogP contribution in [0.3, 0.4) is 0 Å². The van der Waals surface area contributed by atoms with Crippen LogP contribution in [-0.4, -0.2) is 71.1 Å². The second kappa shape index (κ2) is 39.6. The van der Waals surface area contributed by atoms with Gasteiger partial charge < -0.3 is 30.3 Å². The predicted octanol–water partition coefficient (Wildman–Crippen LogP) is 10.0. The highest BCUT2D eigenvalue weighted by atomic mass is 31.2. The molecular formula is C46H72NO11P. The van der Waals surface area contributed by atoms with Crippen molar-refractivity contribution < 1.29 is 52.6 Å². The van der Waals surface area contributed by atoms with Crippen molar-refractivity contribution in [1.82, 2.24) is 0 Å². The Hall–Kier alpha value is -3.90. The van der Waals surface area contributed by atoms with Crippen molar-refractivity contribution in [3.05, 3.63) is 109 Å². The number of aliphatic carboxylic acids is 1. The number of unbranched alkanes of at least 4 members (excludes halogenated alkanes) is 2. The van der Waals surface area contributed by atoms with Crippen LogP contribution in [0.5, 0.6) is 0 Å². The SMILES string of the molecule is CC/C=C\C/C=C\C/C=C\C/C=C\C/C=C\CCCC(=O)OC[C@H](COP(=O)(O)OC[C@H](N)C(=O)O)OC(=O)CCC/C=C\C/C=C\C/C=C\C/C=C\CC(O)CCC. The van der Waals surface area contributed by atoms with E-state index in [1.807, 2.05) is 30.4 Å². The Morgan fingerprint density at radius 1 is 0.610 bits per heavy atom. The summed E-state index contributed by atoms with van der Waals surface area (Å²) in [4.78, 5) is 45.9. The van der Waals surface area contributed by atoms with Gasteiger partial charge in [0.25, 0.3) is 0 Å². The van der Waals surface area contributed by atoms with E-state index in [0.717, 1.165) is 64.2 Å². The van der Waals surface area contributed by atoms with Crippen molar-refractivity contribution in [3.63, 3.8) is 0 Å². The first-order valence-corrected chi connectivity index (χ1v) is 22.5. The lowest BCUT2D eigenvalue weighted by Gasteiger charge is -2.20. The lowest BCUT2D eigenvalue weighted by molar-refractivity contribution is -0.161. The molecule has 0 heterocycles. The molecule has 332 valence electrons. The van der Waals surface area contributed by atoms with Gasteiger partial charge in [-0.15, -0.1) is 0 Å². The first kappa shape index (κ1) is 55.1. The number of hydrogen-bond acceptors (Lipinski definition) is 10. The molecule has 0 amide bonds. The molecule has 59 heavy (non-hydrogen) atoms. The standard InChI is InChI=1S/C46H72NO11P/c1-3-5-6-7-8-9-10-11-12-13-14-17-20-23-26-29-32-36-44(49)55-38-42(39-56-59(53,54)57-40-43(47)46(51)52)58-45(50)37-33-30-27-24-21-18-15-16-19-22-25-28-31-35-41(48)34-4-2/h5-6,8-9,11-12,14-15,17-19,22-24,26-28,31,41-43,48H,3-4,7,10,13,16,20-21,25,29-30,32-40,47H2,1-2H3,(H,51,52)(H,53,54)/b6-5-,9-8-,12-11-,17-14-,18-15-,22-19-,26-23-,27-24-,31-28-/t41?,42-,43+/m1/s1. The van der Waals surface area contributed by atoms with Crippen LogP contribution in [-0.2, 0) is 37.5 Å². The van der Waals surface area contributed by atoms with E-state index in [2.05, 4.69) is 97.4 Å². The number of aliphatic hydroxyl groups is 1. The van der Waals surface area contributed by atoms with Crippen molar-refractivity contribution in [2.75, 3.05) is 19.8 Å². The first-order chi connectivity index (χ1) is 28.5. The third-order valence-electron chi connectivity index (χ3n) is 8.06. The Morgan fingerprint density at radius 3 is 1.49 bits per heavy atom. The summed E-state index contributed by atoms with van der Waals surface area (Å²) in [6.07, 6.45) is 48.0. The molecule has 0 aliphatic heterocycles. The van der Waals surface area contributed by atoms with E-state index in [1.165, 1.54) is 0 Å². The van der Waals surface area contributed by atoms with Crippen LogP contribution in [0, 0.1) is 0 Å². The Morgan fingerprint density at radius 2 is 1.03 bits per heavy atom. The summed E-state index contributed by atoms with van der Waals surface area (Å²) in [6.45, 7) is 2.34. The zero-order valence-electron chi connectivity index (χ0n) is 35.4. The molecule has 4 atom stereocenters. The van der Waals surface area contributed by atoms with Crippen LogP contribution in [0.15, 0.2) is 109 Å². The van der Waals surface area contributed by atoms with E-state index in [-0.39, 0.29) is 18.9 Å². The molecular weight excluding hydrogens is 773 g/mol. The quantitative estimate of drug-likeness (QED) is 0.0201. The summed E-state index contributed by atoms with van der Waals surface area (Å²) in [5, 5.41) is 18.6. The lowest BCUT2D eigenvalue weighted by Crippen LogP contribution is -2.34. The topological polar surface area (TPSA) is 192 Å². The number of rotatable bonds is 37. The summed E-state index contributed by atoms with van der Waals surface area (Å²) in [7, 11) is -4.76. The monoisotopic (exact) mass is 845 g/mol. The van der Waals surface area contributed by atoms with Gasteiger partial charge in [0.2, 0.25) is 0 Å². The summed E-state index contributed by atoms with van der Waals surface area (Å²) in [5.74, 6) is -2.57. The second-order valence-electron chi connectivity index (χ2n) is 13.6. The molecule has 0 rings (SSSR count). The normalized spacial score (nSPS) is 15.3. The van der Waals surface area contributed by atoms with Crippen LogP contribution in [0.1, 0.15) is 123 Å². The minimum Gasteiger partial charge on any atom is -0.480 e. The number of phosphoric ester groups is 1. The zero-order chi connectivity index (χ0) is 43.7. The molecule has 0 saturated heterocycles. The average Bonchev–Trinajstić information content (AvgIpc) is 3.20. The van der Waals surface area contributed by atoms with Crippen LogP contribution in [0.25, 0.3) is 0 Å². The largest absolute Gasteiger partial charge is 0.480 e. The second-order valence-corrected chi connectivity index (χ2v) is 15.0. The molecule has 0 saturated carbocycles. The maximum Gasteiger partial charge on any atom is 0.472 e. The number of carbonyl (C=O) groups excluding carboxylic acids is 2. The molecule has 12 nitrogen and oxygen atoms in total. The Bertz CT molecular complexity index is 1430. The van der Waals surface area contributed by atoms with Crippen LogP contribution in [0.2, 0.25) is 0 Å². The van der Waals surface area contributed by atoms with E-state index in [9.17, 15) is 28.9 Å². The predicted molar refractivity (Wildman–Crippen MR) is 236 cm³/mol. The highest BCUT2D eigenvalue weighted by Gasteiger charge is 2.28. The van der Waals surface area contributed by atoms with Gasteiger partial charge in [-0.1, -0.05) is 130 Å². The highest BCUT2D eigenvalue weighted by molar-refractivity contribution is 7.47. The van der Waals surface area contributed by atoms with Crippen molar-refractivity contribution in [1.29, 1.82) is 0 Å². The summed E-state index contributed by atoms with van der Waals surface area (Å²) in [6, 6.07) is -1.55. The number of carboxylic acid groups (broad SMARTS) is 1. The molecule has 0 aromatic heterocycles. The Balaban J connectivity index is 4.62. The van der Waals surface area contributed by atoms with E-state index in [0.29, 0.717) is 32.1 Å². The molecule has 0 aromatic rings. The summed E-state index contributed by atoms with van der Waals surface area (Å²) >= 11 is 0. The van der Waals surface area contributed by atoms with Gasteiger partial charge in [0, 0.05) is 12.8 Å². The molecule has 0 bridgehead atoms.